The molecule has 0 fully saturated rings. The molecule has 0 N–H and O–H groups in total. The molecule has 3 heterocycles. The first-order valence-electron chi connectivity index (χ1n) is 13.1. The van der Waals surface area contributed by atoms with Crippen molar-refractivity contribution in [1.82, 2.24) is 9.13 Å². The summed E-state index contributed by atoms with van der Waals surface area (Å²) in [5, 5.41) is 0. The number of carbonyl (C=O) groups excluding carboxylic acids is 1. The van der Waals surface area contributed by atoms with Gasteiger partial charge in [0.25, 0.3) is 5.56 Å². The summed E-state index contributed by atoms with van der Waals surface area (Å²) in [6, 6.07) is 15.9. The highest BCUT2D eigenvalue weighted by atomic mass is 32.1. The number of esters is 1. The molecule has 1 aliphatic rings. The van der Waals surface area contributed by atoms with Crippen molar-refractivity contribution < 1.29 is 9.53 Å². The summed E-state index contributed by atoms with van der Waals surface area (Å²) in [7, 11) is 0. The van der Waals surface area contributed by atoms with Gasteiger partial charge in [0.15, 0.2) is 4.80 Å². The number of carbonyl (C=O) groups is 1. The van der Waals surface area contributed by atoms with E-state index in [1.165, 1.54) is 22.5 Å². The fraction of sp³-hybridized carbons (Fsp3) is 0.281. The van der Waals surface area contributed by atoms with E-state index in [0.717, 1.165) is 33.8 Å². The van der Waals surface area contributed by atoms with Gasteiger partial charge in [0, 0.05) is 17.1 Å². The third-order valence-corrected chi connectivity index (χ3v) is 8.11. The highest BCUT2D eigenvalue weighted by Crippen LogP contribution is 2.31. The van der Waals surface area contributed by atoms with Gasteiger partial charge in [-0.2, -0.15) is 0 Å². The van der Waals surface area contributed by atoms with Crippen LogP contribution in [0.3, 0.4) is 0 Å². The minimum Gasteiger partial charge on any atom is -0.463 e. The van der Waals surface area contributed by atoms with Crippen LogP contribution in [0.4, 0.5) is 0 Å². The number of rotatable bonds is 5. The van der Waals surface area contributed by atoms with Crippen LogP contribution in [-0.4, -0.2) is 21.7 Å². The smallest absolute Gasteiger partial charge is 0.338 e. The van der Waals surface area contributed by atoms with Crippen molar-refractivity contribution >= 4 is 23.4 Å². The predicted octanol–water partition coefficient (Wildman–Crippen LogP) is 5.13. The second-order valence-corrected chi connectivity index (χ2v) is 11.2. The number of ether oxygens (including phenoxy) is 1. The molecule has 0 amide bonds. The van der Waals surface area contributed by atoms with Crippen molar-refractivity contribution in [2.75, 3.05) is 6.61 Å². The maximum absolute atomic E-state index is 14.0. The van der Waals surface area contributed by atoms with Gasteiger partial charge in [-0.3, -0.25) is 9.36 Å². The number of thiazole rings is 1. The van der Waals surface area contributed by atoms with Gasteiger partial charge in [-0.1, -0.05) is 47.2 Å². The molecule has 0 saturated carbocycles. The minimum atomic E-state index is -0.606. The van der Waals surface area contributed by atoms with E-state index in [2.05, 4.69) is 56.5 Å². The summed E-state index contributed by atoms with van der Waals surface area (Å²) >= 11 is 1.35. The Labute approximate surface area is 232 Å². The van der Waals surface area contributed by atoms with Gasteiger partial charge in [-0.15, -0.1) is 0 Å². The van der Waals surface area contributed by atoms with Crippen LogP contribution in [0, 0.1) is 34.6 Å². The molecule has 0 unspecified atom stereocenters. The number of fused-ring (bicyclic) bond motifs is 1. The molecule has 0 spiro atoms. The SMILES string of the molecule is CCOC(=O)C1=C(C)N=c2s/c(=C/c3cc(C)n(-c4cc(C)cc(C)c4)c3C)c(=O)n2[C@H]1c1ccc(C)cc1. The Hall–Kier alpha value is -3.97. The van der Waals surface area contributed by atoms with Gasteiger partial charge in [0.1, 0.15) is 0 Å². The van der Waals surface area contributed by atoms with Gasteiger partial charge in [0.05, 0.1) is 28.5 Å². The van der Waals surface area contributed by atoms with Crippen LogP contribution in [0.25, 0.3) is 11.8 Å². The monoisotopic (exact) mass is 539 g/mol. The normalized spacial score (nSPS) is 15.4. The van der Waals surface area contributed by atoms with E-state index >= 15 is 0 Å². The minimum absolute atomic E-state index is 0.171. The second kappa shape index (κ2) is 10.3. The standard InChI is InChI=1S/C32H33N3O3S/c1-8-38-31(37)28-22(6)33-32-35(29(28)24-11-9-18(2)10-12-24)30(36)27(39-32)17-25-16-21(5)34(23(25)7)26-14-19(3)13-20(4)15-26/h9-17,29H,8H2,1-7H3/b27-17+/t29-/m0/s1. The molecular formula is C32H33N3O3S. The number of nitrogens with zero attached hydrogens (tertiary/aromatic N) is 3. The van der Waals surface area contributed by atoms with Crippen molar-refractivity contribution in [3.8, 4) is 5.69 Å². The fourth-order valence-electron chi connectivity index (χ4n) is 5.41. The number of hydrogen-bond acceptors (Lipinski definition) is 5. The molecule has 6 nitrogen and oxygen atoms in total. The summed E-state index contributed by atoms with van der Waals surface area (Å²) < 4.78 is 9.83. The molecule has 0 aliphatic carbocycles. The molecule has 1 atom stereocenters. The lowest BCUT2D eigenvalue weighted by Gasteiger charge is -2.24. The molecule has 2 aromatic heterocycles. The molecule has 200 valence electrons. The van der Waals surface area contributed by atoms with Crippen LogP contribution in [0.15, 0.2) is 69.6 Å². The largest absolute Gasteiger partial charge is 0.463 e. The van der Waals surface area contributed by atoms with Gasteiger partial charge in [-0.25, -0.2) is 9.79 Å². The third kappa shape index (κ3) is 4.83. The molecule has 0 bridgehead atoms. The summed E-state index contributed by atoms with van der Waals surface area (Å²) in [4.78, 5) is 32.3. The van der Waals surface area contributed by atoms with Crippen LogP contribution in [0.2, 0.25) is 0 Å². The number of hydrogen-bond donors (Lipinski definition) is 0. The van der Waals surface area contributed by atoms with Crippen molar-refractivity contribution in [1.29, 1.82) is 0 Å². The van der Waals surface area contributed by atoms with Crippen molar-refractivity contribution in [2.45, 2.75) is 54.5 Å². The van der Waals surface area contributed by atoms with Crippen LogP contribution in [0.5, 0.6) is 0 Å². The number of benzene rings is 2. The molecular weight excluding hydrogens is 506 g/mol. The van der Waals surface area contributed by atoms with Crippen molar-refractivity contribution in [3.63, 3.8) is 0 Å². The topological polar surface area (TPSA) is 65.6 Å². The fourth-order valence-corrected chi connectivity index (χ4v) is 6.45. The zero-order valence-electron chi connectivity index (χ0n) is 23.5. The first-order chi connectivity index (χ1) is 18.6. The maximum Gasteiger partial charge on any atom is 0.338 e. The lowest BCUT2D eigenvalue weighted by atomic mass is 9.95. The predicted molar refractivity (Wildman–Crippen MR) is 156 cm³/mol. The summed E-state index contributed by atoms with van der Waals surface area (Å²) in [6.07, 6.45) is 1.95. The Morgan fingerprint density at radius 2 is 1.64 bits per heavy atom. The maximum atomic E-state index is 14.0. The van der Waals surface area contributed by atoms with E-state index in [-0.39, 0.29) is 12.2 Å². The van der Waals surface area contributed by atoms with E-state index < -0.39 is 12.0 Å². The molecule has 7 heteroatoms. The lowest BCUT2D eigenvalue weighted by Crippen LogP contribution is -2.39. The number of allylic oxidation sites excluding steroid dienone is 1. The molecule has 1 aliphatic heterocycles. The molecule has 2 aromatic carbocycles. The number of aromatic nitrogens is 2. The molecule has 0 saturated heterocycles. The van der Waals surface area contributed by atoms with Crippen LogP contribution >= 0.6 is 11.3 Å². The number of aryl methyl sites for hydroxylation is 4. The zero-order chi connectivity index (χ0) is 28.0. The van der Waals surface area contributed by atoms with Gasteiger partial charge in [0.2, 0.25) is 0 Å². The molecule has 4 aromatic rings. The van der Waals surface area contributed by atoms with Gasteiger partial charge in [-0.05, 0) is 95.0 Å². The highest BCUT2D eigenvalue weighted by Gasteiger charge is 2.33. The summed E-state index contributed by atoms with van der Waals surface area (Å²) in [5.41, 5.74) is 9.39. The Bertz CT molecular complexity index is 1800. The van der Waals surface area contributed by atoms with E-state index in [0.29, 0.717) is 20.6 Å². The van der Waals surface area contributed by atoms with E-state index in [4.69, 9.17) is 9.73 Å². The first kappa shape index (κ1) is 26.6. The van der Waals surface area contributed by atoms with Crippen molar-refractivity contribution in [2.24, 2.45) is 4.99 Å². The third-order valence-electron chi connectivity index (χ3n) is 7.13. The molecule has 5 rings (SSSR count). The Kier molecular flexibility index (Phi) is 7.03. The van der Waals surface area contributed by atoms with Gasteiger partial charge >= 0.3 is 5.97 Å². The van der Waals surface area contributed by atoms with E-state index in [1.54, 1.807) is 11.5 Å². The molecule has 39 heavy (non-hydrogen) atoms. The summed E-state index contributed by atoms with van der Waals surface area (Å²) in [6.45, 7) is 14.2. The highest BCUT2D eigenvalue weighted by molar-refractivity contribution is 7.07. The second-order valence-electron chi connectivity index (χ2n) is 10.2. The van der Waals surface area contributed by atoms with Crippen LogP contribution < -0.4 is 14.9 Å². The van der Waals surface area contributed by atoms with Crippen molar-refractivity contribution in [3.05, 3.63) is 119 Å². The van der Waals surface area contributed by atoms with Gasteiger partial charge < -0.3 is 9.30 Å². The Morgan fingerprint density at radius 1 is 0.974 bits per heavy atom. The Balaban J connectivity index is 1.69. The average Bonchev–Trinajstić information content (AvgIpc) is 3.32. The average molecular weight is 540 g/mol. The first-order valence-corrected chi connectivity index (χ1v) is 13.9. The van der Waals surface area contributed by atoms with E-state index in [9.17, 15) is 9.59 Å². The Morgan fingerprint density at radius 3 is 2.28 bits per heavy atom. The quantitative estimate of drug-likeness (QED) is 0.330. The summed E-state index contributed by atoms with van der Waals surface area (Å²) in [5.74, 6) is -0.449. The van der Waals surface area contributed by atoms with E-state index in [1.807, 2.05) is 44.2 Å². The van der Waals surface area contributed by atoms with Crippen LogP contribution in [-0.2, 0) is 9.53 Å². The zero-order valence-corrected chi connectivity index (χ0v) is 24.3. The lowest BCUT2D eigenvalue weighted by molar-refractivity contribution is -0.139. The van der Waals surface area contributed by atoms with Crippen LogP contribution in [0.1, 0.15) is 59.1 Å². The molecule has 0 radical (unpaired) electrons.